The number of hydrazine groups is 1. The van der Waals surface area contributed by atoms with Gasteiger partial charge in [0.15, 0.2) is 0 Å². The number of hydrogen-bond acceptors (Lipinski definition) is 4. The largest absolute Gasteiger partial charge is 0.501 e. The monoisotopic (exact) mass is 200 g/mol. The summed E-state index contributed by atoms with van der Waals surface area (Å²) in [6.45, 7) is 5.51. The quantitative estimate of drug-likeness (QED) is 0.512. The van der Waals surface area contributed by atoms with E-state index in [0.717, 1.165) is 19.4 Å². The Kier molecular flexibility index (Phi) is 4.93. The van der Waals surface area contributed by atoms with Crippen molar-refractivity contribution in [2.45, 2.75) is 38.8 Å². The van der Waals surface area contributed by atoms with Gasteiger partial charge in [-0.15, -0.1) is 0 Å². The van der Waals surface area contributed by atoms with Crippen LogP contribution in [0.15, 0.2) is 11.8 Å². The predicted molar refractivity (Wildman–Crippen MR) is 55.5 cm³/mol. The van der Waals surface area contributed by atoms with Gasteiger partial charge < -0.3 is 9.47 Å². The Labute approximate surface area is 85.4 Å². The van der Waals surface area contributed by atoms with Crippen LogP contribution in [-0.2, 0) is 9.47 Å². The lowest BCUT2D eigenvalue weighted by Gasteiger charge is -2.27. The van der Waals surface area contributed by atoms with Gasteiger partial charge in [-0.2, -0.15) is 0 Å². The summed E-state index contributed by atoms with van der Waals surface area (Å²) in [6.07, 6.45) is 3.98. The Morgan fingerprint density at radius 3 is 3.00 bits per heavy atom. The molecule has 1 rings (SSSR count). The molecule has 0 spiro atoms. The average molecular weight is 200 g/mol. The molecule has 4 heteroatoms. The van der Waals surface area contributed by atoms with Gasteiger partial charge in [0.05, 0.1) is 25.0 Å². The van der Waals surface area contributed by atoms with Gasteiger partial charge in [-0.05, 0) is 32.3 Å². The summed E-state index contributed by atoms with van der Waals surface area (Å²) in [5.41, 5.74) is 3.98. The van der Waals surface area contributed by atoms with Crippen molar-refractivity contribution in [2.24, 2.45) is 5.84 Å². The molecule has 0 saturated carbocycles. The fraction of sp³-hybridized carbons (Fsp3) is 0.800. The number of nitrogens with one attached hydrogen (secondary N) is 1. The minimum Gasteiger partial charge on any atom is -0.501 e. The molecular formula is C10H20N2O2. The summed E-state index contributed by atoms with van der Waals surface area (Å²) in [4.78, 5) is 0. The first kappa shape index (κ1) is 11.5. The molecule has 0 aromatic carbocycles. The van der Waals surface area contributed by atoms with Gasteiger partial charge in [0, 0.05) is 6.61 Å². The molecular weight excluding hydrogens is 180 g/mol. The zero-order valence-electron chi connectivity index (χ0n) is 8.95. The van der Waals surface area contributed by atoms with Gasteiger partial charge in [0.2, 0.25) is 0 Å². The van der Waals surface area contributed by atoms with E-state index < -0.39 is 0 Å². The molecule has 0 fully saturated rings. The predicted octanol–water partition coefficient (Wildman–Crippen LogP) is 0.938. The van der Waals surface area contributed by atoms with Gasteiger partial charge in [-0.1, -0.05) is 0 Å². The Hall–Kier alpha value is -0.580. The van der Waals surface area contributed by atoms with Crippen molar-refractivity contribution in [3.8, 4) is 0 Å². The zero-order valence-corrected chi connectivity index (χ0v) is 8.95. The SMILES string of the molecule is CCOC(C)C(NN)C1=COCCC1. The number of ether oxygens (including phenoxy) is 2. The van der Waals surface area contributed by atoms with Crippen LogP contribution in [0, 0.1) is 0 Å². The molecule has 0 amide bonds. The maximum absolute atomic E-state index is 5.51. The third-order valence-corrected chi connectivity index (χ3v) is 2.44. The second-order valence-electron chi connectivity index (χ2n) is 3.47. The Morgan fingerprint density at radius 1 is 1.71 bits per heavy atom. The van der Waals surface area contributed by atoms with Gasteiger partial charge in [-0.25, -0.2) is 0 Å². The standard InChI is InChI=1S/C10H20N2O2/c1-3-14-8(2)10(12-11)9-5-4-6-13-7-9/h7-8,10,12H,3-6,11H2,1-2H3. The summed E-state index contributed by atoms with van der Waals surface area (Å²) >= 11 is 0. The lowest BCUT2D eigenvalue weighted by molar-refractivity contribution is 0.0531. The molecule has 0 bridgehead atoms. The van der Waals surface area contributed by atoms with Crippen molar-refractivity contribution >= 4 is 0 Å². The molecule has 0 aromatic heterocycles. The van der Waals surface area contributed by atoms with Gasteiger partial charge >= 0.3 is 0 Å². The van der Waals surface area contributed by atoms with Crippen molar-refractivity contribution in [2.75, 3.05) is 13.2 Å². The highest BCUT2D eigenvalue weighted by Crippen LogP contribution is 2.18. The van der Waals surface area contributed by atoms with Crippen molar-refractivity contribution < 1.29 is 9.47 Å². The maximum Gasteiger partial charge on any atom is 0.0876 e. The van der Waals surface area contributed by atoms with E-state index in [2.05, 4.69) is 5.43 Å². The minimum absolute atomic E-state index is 0.0650. The van der Waals surface area contributed by atoms with Crippen molar-refractivity contribution in [1.82, 2.24) is 5.43 Å². The van der Waals surface area contributed by atoms with E-state index in [1.807, 2.05) is 20.1 Å². The van der Waals surface area contributed by atoms with Crippen molar-refractivity contribution in [3.63, 3.8) is 0 Å². The molecule has 4 nitrogen and oxygen atoms in total. The van der Waals surface area contributed by atoms with E-state index in [1.54, 1.807) is 0 Å². The molecule has 14 heavy (non-hydrogen) atoms. The fourth-order valence-corrected chi connectivity index (χ4v) is 1.72. The second-order valence-corrected chi connectivity index (χ2v) is 3.47. The Balaban J connectivity index is 2.55. The molecule has 0 aromatic rings. The van der Waals surface area contributed by atoms with E-state index in [4.69, 9.17) is 15.3 Å². The third-order valence-electron chi connectivity index (χ3n) is 2.44. The highest BCUT2D eigenvalue weighted by Gasteiger charge is 2.22. The van der Waals surface area contributed by atoms with Gasteiger partial charge in [-0.3, -0.25) is 11.3 Å². The topological polar surface area (TPSA) is 56.5 Å². The summed E-state index contributed by atoms with van der Waals surface area (Å²) in [5, 5.41) is 0. The molecule has 2 atom stereocenters. The van der Waals surface area contributed by atoms with Crippen LogP contribution in [0.1, 0.15) is 26.7 Å². The van der Waals surface area contributed by atoms with Crippen molar-refractivity contribution in [3.05, 3.63) is 11.8 Å². The van der Waals surface area contributed by atoms with E-state index >= 15 is 0 Å². The minimum atomic E-state index is 0.0650. The van der Waals surface area contributed by atoms with Crippen LogP contribution in [0.2, 0.25) is 0 Å². The van der Waals surface area contributed by atoms with Gasteiger partial charge in [0.25, 0.3) is 0 Å². The maximum atomic E-state index is 5.51. The summed E-state index contributed by atoms with van der Waals surface area (Å²) in [6, 6.07) is 0.0650. The highest BCUT2D eigenvalue weighted by molar-refractivity contribution is 5.11. The number of rotatable bonds is 5. The molecule has 1 aliphatic heterocycles. The lowest BCUT2D eigenvalue weighted by Crippen LogP contribution is -2.45. The van der Waals surface area contributed by atoms with Crippen LogP contribution in [0.5, 0.6) is 0 Å². The molecule has 0 aliphatic carbocycles. The van der Waals surface area contributed by atoms with Crippen LogP contribution in [0.3, 0.4) is 0 Å². The Bertz CT molecular complexity index is 195. The average Bonchev–Trinajstić information content (AvgIpc) is 2.21. The van der Waals surface area contributed by atoms with E-state index in [-0.39, 0.29) is 12.1 Å². The molecule has 1 heterocycles. The third kappa shape index (κ3) is 2.97. The first-order valence-corrected chi connectivity index (χ1v) is 5.17. The first-order chi connectivity index (χ1) is 6.79. The van der Waals surface area contributed by atoms with Crippen molar-refractivity contribution in [1.29, 1.82) is 0 Å². The molecule has 2 unspecified atom stereocenters. The zero-order chi connectivity index (χ0) is 10.4. The molecule has 1 aliphatic rings. The molecule has 3 N–H and O–H groups in total. The molecule has 0 radical (unpaired) electrons. The van der Waals surface area contributed by atoms with E-state index in [1.165, 1.54) is 5.57 Å². The van der Waals surface area contributed by atoms with Crippen LogP contribution in [-0.4, -0.2) is 25.4 Å². The van der Waals surface area contributed by atoms with Crippen LogP contribution in [0.4, 0.5) is 0 Å². The smallest absolute Gasteiger partial charge is 0.0876 e. The van der Waals surface area contributed by atoms with Crippen LogP contribution >= 0.6 is 0 Å². The van der Waals surface area contributed by atoms with Gasteiger partial charge in [0.1, 0.15) is 0 Å². The van der Waals surface area contributed by atoms with Crippen LogP contribution in [0.25, 0.3) is 0 Å². The molecule has 0 saturated heterocycles. The molecule has 82 valence electrons. The number of nitrogens with two attached hydrogens (primary N) is 1. The normalized spacial score (nSPS) is 20.9. The first-order valence-electron chi connectivity index (χ1n) is 5.17. The van der Waals surface area contributed by atoms with E-state index in [9.17, 15) is 0 Å². The summed E-state index contributed by atoms with van der Waals surface area (Å²) in [7, 11) is 0. The highest BCUT2D eigenvalue weighted by atomic mass is 16.5. The lowest BCUT2D eigenvalue weighted by atomic mass is 9.99. The summed E-state index contributed by atoms with van der Waals surface area (Å²) in [5.74, 6) is 5.51. The van der Waals surface area contributed by atoms with E-state index in [0.29, 0.717) is 6.61 Å². The summed E-state index contributed by atoms with van der Waals surface area (Å²) < 4.78 is 10.8. The van der Waals surface area contributed by atoms with Crippen LogP contribution < -0.4 is 11.3 Å². The fourth-order valence-electron chi connectivity index (χ4n) is 1.72. The Morgan fingerprint density at radius 2 is 2.50 bits per heavy atom. The second kappa shape index (κ2) is 6.01. The number of hydrogen-bond donors (Lipinski definition) is 2.